The fourth-order valence-corrected chi connectivity index (χ4v) is 5.27. The molecule has 192 valence electrons. The Hall–Kier alpha value is -2.41. The number of methoxy groups -OCH3 is 1. The molecule has 0 radical (unpaired) electrons. The first-order chi connectivity index (χ1) is 16.7. The molecule has 0 saturated carbocycles. The number of fused-ring (bicyclic) bond motifs is 1. The van der Waals surface area contributed by atoms with Crippen LogP contribution < -0.4 is 10.1 Å². The van der Waals surface area contributed by atoms with Crippen molar-refractivity contribution in [3.05, 3.63) is 64.7 Å². The molecule has 2 aromatic rings. The summed E-state index contributed by atoms with van der Waals surface area (Å²) in [6, 6.07) is 14.4. The van der Waals surface area contributed by atoms with Crippen LogP contribution in [0.15, 0.2) is 42.5 Å². The van der Waals surface area contributed by atoms with Gasteiger partial charge in [-0.25, -0.2) is 0 Å². The predicted molar refractivity (Wildman–Crippen MR) is 138 cm³/mol. The van der Waals surface area contributed by atoms with E-state index in [4.69, 9.17) is 14.6 Å². The minimum absolute atomic E-state index is 0.0253. The smallest absolute Gasteiger partial charge is 0.303 e. The third-order valence-corrected chi connectivity index (χ3v) is 6.94. The van der Waals surface area contributed by atoms with Crippen LogP contribution in [0.3, 0.4) is 0 Å². The topological polar surface area (TPSA) is 88.0 Å². The van der Waals surface area contributed by atoms with Crippen molar-refractivity contribution in [2.75, 3.05) is 20.3 Å². The number of β-amino-alcohol motifs (C(OH)–C–C–N with tert-alkyl or cyclic N) is 1. The zero-order chi connectivity index (χ0) is 25.4. The first-order valence-corrected chi connectivity index (χ1v) is 12.7. The highest BCUT2D eigenvalue weighted by molar-refractivity contribution is 5.67. The average Bonchev–Trinajstić information content (AvgIpc) is 3.23. The lowest BCUT2D eigenvalue weighted by Crippen LogP contribution is -2.45. The van der Waals surface area contributed by atoms with Gasteiger partial charge in [0.25, 0.3) is 0 Å². The lowest BCUT2D eigenvalue weighted by Gasteiger charge is -2.31. The number of aliphatic hydroxyl groups is 1. The summed E-state index contributed by atoms with van der Waals surface area (Å²) in [4.78, 5) is 11.1. The molecule has 0 bridgehead atoms. The van der Waals surface area contributed by atoms with Crippen molar-refractivity contribution in [1.82, 2.24) is 5.32 Å². The van der Waals surface area contributed by atoms with E-state index >= 15 is 0 Å². The first kappa shape index (κ1) is 27.2. The van der Waals surface area contributed by atoms with E-state index in [1.165, 1.54) is 11.1 Å². The van der Waals surface area contributed by atoms with Crippen LogP contribution in [-0.4, -0.2) is 48.1 Å². The molecule has 6 nitrogen and oxygen atoms in total. The van der Waals surface area contributed by atoms with E-state index in [1.54, 1.807) is 7.11 Å². The number of rotatable bonds is 14. The zero-order valence-corrected chi connectivity index (χ0v) is 21.5. The van der Waals surface area contributed by atoms with Gasteiger partial charge in [0.05, 0.1) is 25.9 Å². The van der Waals surface area contributed by atoms with Gasteiger partial charge in [0.1, 0.15) is 5.75 Å². The van der Waals surface area contributed by atoms with Crippen LogP contribution in [0, 0.1) is 5.92 Å². The minimum Gasteiger partial charge on any atom is -0.496 e. The number of hydrogen-bond acceptors (Lipinski definition) is 5. The van der Waals surface area contributed by atoms with Gasteiger partial charge in [0.2, 0.25) is 0 Å². The predicted octanol–water partition coefficient (Wildman–Crippen LogP) is 4.71. The number of aliphatic carboxylic acids is 1. The van der Waals surface area contributed by atoms with Crippen LogP contribution in [-0.2, 0) is 28.8 Å². The molecule has 35 heavy (non-hydrogen) atoms. The van der Waals surface area contributed by atoms with Gasteiger partial charge in [-0.1, -0.05) is 43.3 Å². The van der Waals surface area contributed by atoms with E-state index in [-0.39, 0.29) is 24.7 Å². The monoisotopic (exact) mass is 483 g/mol. The van der Waals surface area contributed by atoms with E-state index in [0.717, 1.165) is 30.4 Å². The summed E-state index contributed by atoms with van der Waals surface area (Å²) in [6.07, 6.45) is 3.51. The highest BCUT2D eigenvalue weighted by Crippen LogP contribution is 2.33. The number of carboxylic acids is 1. The molecule has 0 aromatic heterocycles. The molecule has 6 heteroatoms. The average molecular weight is 484 g/mol. The summed E-state index contributed by atoms with van der Waals surface area (Å²) in [5, 5.41) is 23.4. The molecule has 0 spiro atoms. The number of hydrogen-bond donors (Lipinski definition) is 3. The maximum Gasteiger partial charge on any atom is 0.303 e. The Labute approximate surface area is 209 Å². The number of carbonyl (C=O) groups is 1. The largest absolute Gasteiger partial charge is 0.496 e. The van der Waals surface area contributed by atoms with Gasteiger partial charge in [-0.15, -0.1) is 0 Å². The molecule has 3 rings (SSSR count). The van der Waals surface area contributed by atoms with Crippen molar-refractivity contribution in [1.29, 1.82) is 0 Å². The molecule has 0 amide bonds. The van der Waals surface area contributed by atoms with Crippen molar-refractivity contribution >= 4 is 5.97 Å². The SMILES string of the molecule is CC[C@@H](OC[C@H](O)CNC(C)(C)CC1Cc2ccccc2C1)c1cccc(OC)c1CCC(=O)O. The molecule has 1 aliphatic rings. The molecule has 0 heterocycles. The van der Waals surface area contributed by atoms with Gasteiger partial charge in [-0.2, -0.15) is 0 Å². The molecular weight excluding hydrogens is 442 g/mol. The van der Waals surface area contributed by atoms with E-state index in [1.807, 2.05) is 25.1 Å². The Kier molecular flexibility index (Phi) is 9.72. The molecule has 0 fully saturated rings. The summed E-state index contributed by atoms with van der Waals surface area (Å²) in [6.45, 7) is 7.07. The van der Waals surface area contributed by atoms with Gasteiger partial charge in [0, 0.05) is 24.1 Å². The first-order valence-electron chi connectivity index (χ1n) is 12.7. The van der Waals surface area contributed by atoms with Crippen LogP contribution in [0.1, 0.15) is 68.4 Å². The third-order valence-electron chi connectivity index (χ3n) is 6.94. The van der Waals surface area contributed by atoms with Crippen LogP contribution in [0.5, 0.6) is 5.75 Å². The Balaban J connectivity index is 1.52. The molecule has 0 unspecified atom stereocenters. The summed E-state index contributed by atoms with van der Waals surface area (Å²) >= 11 is 0. The molecule has 2 atom stereocenters. The highest BCUT2D eigenvalue weighted by Gasteiger charge is 2.28. The Morgan fingerprint density at radius 2 is 1.83 bits per heavy atom. The van der Waals surface area contributed by atoms with Crippen molar-refractivity contribution in [2.45, 2.75) is 77.0 Å². The van der Waals surface area contributed by atoms with Crippen molar-refractivity contribution in [3.63, 3.8) is 0 Å². The van der Waals surface area contributed by atoms with Crippen LogP contribution in [0.2, 0.25) is 0 Å². The molecule has 1 aliphatic carbocycles. The van der Waals surface area contributed by atoms with Crippen molar-refractivity contribution in [2.24, 2.45) is 5.92 Å². The fourth-order valence-electron chi connectivity index (χ4n) is 5.27. The molecule has 0 saturated heterocycles. The van der Waals surface area contributed by atoms with Gasteiger partial charge in [-0.3, -0.25) is 4.79 Å². The van der Waals surface area contributed by atoms with Gasteiger partial charge < -0.3 is 25.0 Å². The van der Waals surface area contributed by atoms with Gasteiger partial charge in [0.15, 0.2) is 0 Å². The quantitative estimate of drug-likeness (QED) is 0.361. The van der Waals surface area contributed by atoms with E-state index < -0.39 is 12.1 Å². The number of benzene rings is 2. The summed E-state index contributed by atoms with van der Waals surface area (Å²) in [7, 11) is 1.59. The summed E-state index contributed by atoms with van der Waals surface area (Å²) < 4.78 is 11.6. The summed E-state index contributed by atoms with van der Waals surface area (Å²) in [5.74, 6) is 0.440. The summed E-state index contributed by atoms with van der Waals surface area (Å²) in [5.41, 5.74) is 4.62. The molecule has 3 N–H and O–H groups in total. The van der Waals surface area contributed by atoms with E-state index in [0.29, 0.717) is 31.1 Å². The Bertz CT molecular complexity index is 948. The van der Waals surface area contributed by atoms with E-state index in [2.05, 4.69) is 43.4 Å². The Morgan fingerprint density at radius 3 is 2.43 bits per heavy atom. The second-order valence-corrected chi connectivity index (χ2v) is 10.3. The van der Waals surface area contributed by atoms with Gasteiger partial charge >= 0.3 is 5.97 Å². The second-order valence-electron chi connectivity index (χ2n) is 10.3. The lowest BCUT2D eigenvalue weighted by atomic mass is 9.88. The standard InChI is InChI=1S/C29H41NO5/c1-5-26(24-11-8-12-27(34-4)25(24)13-14-28(32)33)35-19-23(31)18-30-29(2,3)17-20-15-21-9-6-7-10-22(21)16-20/h6-12,20,23,26,30-31H,5,13-19H2,1-4H3,(H,32,33)/t23-,26-/m1/s1. The molecule has 2 aromatic carbocycles. The van der Waals surface area contributed by atoms with Gasteiger partial charge in [-0.05, 0) is 74.6 Å². The molecular formula is C29H41NO5. The van der Waals surface area contributed by atoms with Crippen molar-refractivity contribution < 1.29 is 24.5 Å². The highest BCUT2D eigenvalue weighted by atomic mass is 16.5. The Morgan fingerprint density at radius 1 is 1.14 bits per heavy atom. The third kappa shape index (κ3) is 7.79. The maximum atomic E-state index is 11.1. The maximum absolute atomic E-state index is 11.1. The van der Waals surface area contributed by atoms with E-state index in [9.17, 15) is 9.90 Å². The van der Waals surface area contributed by atoms with Crippen LogP contribution in [0.4, 0.5) is 0 Å². The number of aliphatic hydroxyl groups excluding tert-OH is 1. The lowest BCUT2D eigenvalue weighted by molar-refractivity contribution is -0.136. The molecule has 0 aliphatic heterocycles. The number of nitrogens with one attached hydrogen (secondary N) is 1. The zero-order valence-electron chi connectivity index (χ0n) is 21.5. The normalized spacial score (nSPS) is 15.6. The van der Waals surface area contributed by atoms with Crippen LogP contribution >= 0.6 is 0 Å². The minimum atomic E-state index is -0.846. The van der Waals surface area contributed by atoms with Crippen LogP contribution in [0.25, 0.3) is 0 Å². The second kappa shape index (κ2) is 12.5. The fraction of sp³-hybridized carbons (Fsp3) is 0.552. The number of ether oxygens (including phenoxy) is 2. The number of carboxylic acid groups (broad SMARTS) is 1. The van der Waals surface area contributed by atoms with Crippen molar-refractivity contribution in [3.8, 4) is 5.75 Å².